The van der Waals surface area contributed by atoms with E-state index in [-0.39, 0.29) is 6.61 Å². The van der Waals surface area contributed by atoms with Crippen LogP contribution in [0.25, 0.3) is 10.7 Å². The summed E-state index contributed by atoms with van der Waals surface area (Å²) in [4.78, 5) is 16.8. The second-order valence-corrected chi connectivity index (χ2v) is 5.68. The van der Waals surface area contributed by atoms with Gasteiger partial charge in [0.25, 0.3) is 0 Å². The molecule has 0 aliphatic heterocycles. The van der Waals surface area contributed by atoms with Crippen LogP contribution in [0.2, 0.25) is 0 Å². The molecule has 118 valence electrons. The molecule has 3 rings (SSSR count). The van der Waals surface area contributed by atoms with Gasteiger partial charge in [-0.1, -0.05) is 41.6 Å². The van der Waals surface area contributed by atoms with Crippen LogP contribution in [0.3, 0.4) is 0 Å². The van der Waals surface area contributed by atoms with E-state index in [4.69, 9.17) is 9.26 Å². The van der Waals surface area contributed by atoms with E-state index in [1.54, 1.807) is 11.3 Å². The molecule has 6 nitrogen and oxygen atoms in total. The second kappa shape index (κ2) is 7.55. The van der Waals surface area contributed by atoms with E-state index in [9.17, 15) is 4.79 Å². The van der Waals surface area contributed by atoms with E-state index >= 15 is 0 Å². The Bertz CT molecular complexity index is 741. The Morgan fingerprint density at radius 1 is 1.22 bits per heavy atom. The Morgan fingerprint density at radius 2 is 2.09 bits per heavy atom. The third-order valence-corrected chi connectivity index (χ3v) is 3.90. The van der Waals surface area contributed by atoms with Crippen molar-refractivity contribution < 1.29 is 14.1 Å². The topological polar surface area (TPSA) is 77.3 Å². The van der Waals surface area contributed by atoms with Crippen molar-refractivity contribution >= 4 is 17.4 Å². The number of hydrogen-bond donors (Lipinski definition) is 1. The van der Waals surface area contributed by atoms with E-state index in [1.807, 2.05) is 47.8 Å². The van der Waals surface area contributed by atoms with E-state index < -0.39 is 6.09 Å². The molecule has 0 unspecified atom stereocenters. The first kappa shape index (κ1) is 15.2. The van der Waals surface area contributed by atoms with Gasteiger partial charge in [0.2, 0.25) is 11.7 Å². The van der Waals surface area contributed by atoms with Crippen LogP contribution >= 0.6 is 11.3 Å². The maximum absolute atomic E-state index is 11.6. The van der Waals surface area contributed by atoms with Gasteiger partial charge in [-0.3, -0.25) is 0 Å². The third-order valence-electron chi connectivity index (χ3n) is 3.03. The lowest BCUT2D eigenvalue weighted by Crippen LogP contribution is -2.26. The molecule has 2 aromatic heterocycles. The SMILES string of the molecule is O=C(NCCc1nc(-c2cccs2)no1)OCc1ccccc1. The van der Waals surface area contributed by atoms with Crippen LogP contribution < -0.4 is 5.32 Å². The quantitative estimate of drug-likeness (QED) is 0.751. The highest BCUT2D eigenvalue weighted by molar-refractivity contribution is 7.13. The van der Waals surface area contributed by atoms with Gasteiger partial charge < -0.3 is 14.6 Å². The minimum Gasteiger partial charge on any atom is -0.445 e. The number of amides is 1. The van der Waals surface area contributed by atoms with Gasteiger partial charge in [0.15, 0.2) is 0 Å². The summed E-state index contributed by atoms with van der Waals surface area (Å²) >= 11 is 1.55. The fraction of sp³-hybridized carbons (Fsp3) is 0.188. The highest BCUT2D eigenvalue weighted by Crippen LogP contribution is 2.21. The van der Waals surface area contributed by atoms with Crippen molar-refractivity contribution in [2.75, 3.05) is 6.54 Å². The number of carbonyl (C=O) groups excluding carboxylic acids is 1. The smallest absolute Gasteiger partial charge is 0.407 e. The predicted molar refractivity (Wildman–Crippen MR) is 85.9 cm³/mol. The molecule has 1 amide bonds. The number of rotatable bonds is 6. The van der Waals surface area contributed by atoms with Crippen LogP contribution in [0.1, 0.15) is 11.5 Å². The molecule has 23 heavy (non-hydrogen) atoms. The first-order valence-corrected chi connectivity index (χ1v) is 8.00. The van der Waals surface area contributed by atoms with Crippen LogP contribution in [0.5, 0.6) is 0 Å². The van der Waals surface area contributed by atoms with Crippen molar-refractivity contribution in [3.63, 3.8) is 0 Å². The normalized spacial score (nSPS) is 10.4. The second-order valence-electron chi connectivity index (χ2n) is 4.73. The van der Waals surface area contributed by atoms with Crippen LogP contribution in [0, 0.1) is 0 Å². The molecular formula is C16H15N3O3S. The number of aromatic nitrogens is 2. The molecule has 0 aliphatic carbocycles. The van der Waals surface area contributed by atoms with Crippen molar-refractivity contribution in [2.45, 2.75) is 13.0 Å². The van der Waals surface area contributed by atoms with Crippen LogP contribution in [-0.2, 0) is 17.8 Å². The van der Waals surface area contributed by atoms with Gasteiger partial charge in [-0.2, -0.15) is 4.98 Å². The molecular weight excluding hydrogens is 314 g/mol. The number of hydrogen-bond acceptors (Lipinski definition) is 6. The summed E-state index contributed by atoms with van der Waals surface area (Å²) in [5, 5.41) is 8.53. The zero-order valence-corrected chi connectivity index (χ0v) is 13.1. The van der Waals surface area contributed by atoms with Gasteiger partial charge >= 0.3 is 6.09 Å². The average molecular weight is 329 g/mol. The Hall–Kier alpha value is -2.67. The molecule has 0 aliphatic rings. The molecule has 0 spiro atoms. The lowest BCUT2D eigenvalue weighted by Gasteiger charge is -2.05. The average Bonchev–Trinajstić information content (AvgIpc) is 3.25. The summed E-state index contributed by atoms with van der Waals surface area (Å²) in [6.45, 7) is 0.620. The summed E-state index contributed by atoms with van der Waals surface area (Å²) in [7, 11) is 0. The summed E-state index contributed by atoms with van der Waals surface area (Å²) in [6, 6.07) is 13.4. The summed E-state index contributed by atoms with van der Waals surface area (Å²) in [6.07, 6.45) is -0.00873. The molecule has 0 bridgehead atoms. The van der Waals surface area contributed by atoms with E-state index in [0.29, 0.717) is 24.7 Å². The number of thiophene rings is 1. The molecule has 0 fully saturated rings. The number of nitrogens with zero attached hydrogens (tertiary/aromatic N) is 2. The van der Waals surface area contributed by atoms with E-state index in [1.165, 1.54) is 0 Å². The van der Waals surface area contributed by atoms with E-state index in [0.717, 1.165) is 10.4 Å². The standard InChI is InChI=1S/C16H15N3O3S/c20-16(21-11-12-5-2-1-3-6-12)17-9-8-14-18-15(19-22-14)13-7-4-10-23-13/h1-7,10H,8-9,11H2,(H,17,20). The number of benzene rings is 1. The van der Waals surface area contributed by atoms with Gasteiger partial charge in [0.05, 0.1) is 4.88 Å². The van der Waals surface area contributed by atoms with Gasteiger partial charge in [-0.05, 0) is 17.0 Å². The lowest BCUT2D eigenvalue weighted by molar-refractivity contribution is 0.139. The maximum Gasteiger partial charge on any atom is 0.407 e. The molecule has 0 saturated carbocycles. The molecule has 0 saturated heterocycles. The summed E-state index contributed by atoms with van der Waals surface area (Å²) in [5.74, 6) is 1.05. The van der Waals surface area contributed by atoms with Gasteiger partial charge in [-0.15, -0.1) is 11.3 Å². The van der Waals surface area contributed by atoms with Gasteiger partial charge in [0.1, 0.15) is 6.61 Å². The van der Waals surface area contributed by atoms with Crippen molar-refractivity contribution in [3.8, 4) is 10.7 Å². The third kappa shape index (κ3) is 4.40. The predicted octanol–water partition coefficient (Wildman–Crippen LogP) is 3.27. The number of carbonyl (C=O) groups is 1. The maximum atomic E-state index is 11.6. The Balaban J connectivity index is 1.40. The van der Waals surface area contributed by atoms with Gasteiger partial charge in [0, 0.05) is 13.0 Å². The molecule has 7 heteroatoms. The number of ether oxygens (including phenoxy) is 1. The molecule has 1 N–H and O–H groups in total. The number of alkyl carbamates (subject to hydrolysis) is 1. The van der Waals surface area contributed by atoms with E-state index in [2.05, 4.69) is 15.5 Å². The monoisotopic (exact) mass is 329 g/mol. The van der Waals surface area contributed by atoms with Crippen molar-refractivity contribution in [1.29, 1.82) is 0 Å². The minimum absolute atomic E-state index is 0.246. The molecule has 0 atom stereocenters. The summed E-state index contributed by atoms with van der Waals surface area (Å²) < 4.78 is 10.3. The Labute approximate surface area is 137 Å². The first-order chi connectivity index (χ1) is 11.3. The highest BCUT2D eigenvalue weighted by Gasteiger charge is 2.10. The first-order valence-electron chi connectivity index (χ1n) is 7.12. The summed E-state index contributed by atoms with van der Waals surface area (Å²) in [5.41, 5.74) is 0.945. The highest BCUT2D eigenvalue weighted by atomic mass is 32.1. The van der Waals surface area contributed by atoms with Crippen LogP contribution in [0.4, 0.5) is 4.79 Å². The largest absolute Gasteiger partial charge is 0.445 e. The Kier molecular flexibility index (Phi) is 5.00. The fourth-order valence-corrected chi connectivity index (χ4v) is 2.56. The zero-order chi connectivity index (χ0) is 15.9. The molecule has 2 heterocycles. The molecule has 3 aromatic rings. The van der Waals surface area contributed by atoms with Crippen LogP contribution in [0.15, 0.2) is 52.4 Å². The zero-order valence-electron chi connectivity index (χ0n) is 12.3. The van der Waals surface area contributed by atoms with Crippen LogP contribution in [-0.4, -0.2) is 22.8 Å². The van der Waals surface area contributed by atoms with Crippen molar-refractivity contribution in [3.05, 3.63) is 59.3 Å². The van der Waals surface area contributed by atoms with Crippen molar-refractivity contribution in [2.24, 2.45) is 0 Å². The molecule has 0 radical (unpaired) electrons. The fourth-order valence-electron chi connectivity index (χ4n) is 1.91. The Morgan fingerprint density at radius 3 is 2.87 bits per heavy atom. The van der Waals surface area contributed by atoms with Crippen molar-refractivity contribution in [1.82, 2.24) is 15.5 Å². The minimum atomic E-state index is -0.466. The lowest BCUT2D eigenvalue weighted by atomic mass is 10.2. The molecule has 1 aromatic carbocycles. The van der Waals surface area contributed by atoms with Gasteiger partial charge in [-0.25, -0.2) is 4.79 Å². The number of nitrogens with one attached hydrogen (secondary N) is 1.